The average molecular weight is 382 g/mol. The number of anilines is 1. The predicted octanol–water partition coefficient (Wildman–Crippen LogP) is 4.64. The van der Waals surface area contributed by atoms with Gasteiger partial charge in [-0.2, -0.15) is 0 Å². The Morgan fingerprint density at radius 3 is 2.68 bits per heavy atom. The van der Waals surface area contributed by atoms with Gasteiger partial charge in [-0.1, -0.05) is 29.3 Å². The molecule has 0 saturated heterocycles. The summed E-state index contributed by atoms with van der Waals surface area (Å²) in [6, 6.07) is 9.16. The molecule has 0 heterocycles. The first-order valence-corrected chi connectivity index (χ1v) is 7.97. The Morgan fingerprint density at radius 2 is 2.00 bits per heavy atom. The second kappa shape index (κ2) is 8.65. The number of aryl methyl sites for hydroxylation is 1. The highest BCUT2D eigenvalue weighted by Crippen LogP contribution is 2.21. The SMILES string of the molecule is Cc1cc(Cl)ccc1NC(=O)COC(=O)/C=C/c1c(F)cccc1Cl. The third-order valence-corrected chi connectivity index (χ3v) is 3.76. The van der Waals surface area contributed by atoms with Crippen molar-refractivity contribution in [3.8, 4) is 0 Å². The summed E-state index contributed by atoms with van der Waals surface area (Å²) in [6.45, 7) is 1.31. The van der Waals surface area contributed by atoms with Crippen LogP contribution in [0.3, 0.4) is 0 Å². The van der Waals surface area contributed by atoms with Crippen LogP contribution in [-0.4, -0.2) is 18.5 Å². The summed E-state index contributed by atoms with van der Waals surface area (Å²) in [4.78, 5) is 23.4. The fourth-order valence-electron chi connectivity index (χ4n) is 1.96. The van der Waals surface area contributed by atoms with Gasteiger partial charge in [-0.15, -0.1) is 0 Å². The molecule has 2 aromatic rings. The van der Waals surface area contributed by atoms with Gasteiger partial charge in [0.25, 0.3) is 5.91 Å². The number of amides is 1. The second-order valence-electron chi connectivity index (χ2n) is 5.08. The molecule has 0 bridgehead atoms. The Kier molecular flexibility index (Phi) is 6.56. The van der Waals surface area contributed by atoms with E-state index < -0.39 is 24.3 Å². The van der Waals surface area contributed by atoms with Gasteiger partial charge in [-0.3, -0.25) is 4.79 Å². The molecule has 1 amide bonds. The van der Waals surface area contributed by atoms with Crippen molar-refractivity contribution >= 4 is 46.8 Å². The Morgan fingerprint density at radius 1 is 1.24 bits per heavy atom. The van der Waals surface area contributed by atoms with E-state index in [0.717, 1.165) is 11.6 Å². The van der Waals surface area contributed by atoms with Crippen LogP contribution in [0.1, 0.15) is 11.1 Å². The molecule has 25 heavy (non-hydrogen) atoms. The van der Waals surface area contributed by atoms with Crippen LogP contribution in [0.4, 0.5) is 10.1 Å². The third kappa shape index (κ3) is 5.59. The highest BCUT2D eigenvalue weighted by Gasteiger charge is 2.09. The van der Waals surface area contributed by atoms with E-state index in [2.05, 4.69) is 5.32 Å². The zero-order chi connectivity index (χ0) is 18.4. The number of carbonyl (C=O) groups excluding carboxylic acids is 2. The number of halogens is 3. The van der Waals surface area contributed by atoms with Crippen LogP contribution in [0.5, 0.6) is 0 Å². The van der Waals surface area contributed by atoms with E-state index >= 15 is 0 Å². The maximum absolute atomic E-state index is 13.6. The molecule has 2 aromatic carbocycles. The van der Waals surface area contributed by atoms with Gasteiger partial charge >= 0.3 is 5.97 Å². The van der Waals surface area contributed by atoms with Gasteiger partial charge in [-0.05, 0) is 48.9 Å². The van der Waals surface area contributed by atoms with Gasteiger partial charge in [0.1, 0.15) is 5.82 Å². The number of hydrogen-bond acceptors (Lipinski definition) is 3. The van der Waals surface area contributed by atoms with Crippen LogP contribution in [-0.2, 0) is 14.3 Å². The van der Waals surface area contributed by atoms with Crippen molar-refractivity contribution in [1.82, 2.24) is 0 Å². The predicted molar refractivity (Wildman–Crippen MR) is 96.2 cm³/mol. The summed E-state index contributed by atoms with van der Waals surface area (Å²) in [5, 5.41) is 3.33. The summed E-state index contributed by atoms with van der Waals surface area (Å²) in [6.07, 6.45) is 2.20. The molecule has 0 aliphatic rings. The van der Waals surface area contributed by atoms with Crippen molar-refractivity contribution in [2.24, 2.45) is 0 Å². The van der Waals surface area contributed by atoms with Gasteiger partial charge in [0.05, 0.1) is 5.02 Å². The molecule has 0 saturated carbocycles. The maximum atomic E-state index is 13.6. The molecule has 7 heteroatoms. The highest BCUT2D eigenvalue weighted by molar-refractivity contribution is 6.32. The molecule has 0 aliphatic heterocycles. The Balaban J connectivity index is 1.89. The molecule has 0 fully saturated rings. The minimum Gasteiger partial charge on any atom is -0.452 e. The highest BCUT2D eigenvalue weighted by atomic mass is 35.5. The van der Waals surface area contributed by atoms with Crippen molar-refractivity contribution in [3.05, 3.63) is 69.5 Å². The van der Waals surface area contributed by atoms with Crippen molar-refractivity contribution < 1.29 is 18.7 Å². The molecule has 130 valence electrons. The number of carbonyl (C=O) groups is 2. The first kappa shape index (κ1) is 19.0. The van der Waals surface area contributed by atoms with E-state index in [9.17, 15) is 14.0 Å². The summed E-state index contributed by atoms with van der Waals surface area (Å²) in [7, 11) is 0. The van der Waals surface area contributed by atoms with Crippen LogP contribution >= 0.6 is 23.2 Å². The lowest BCUT2D eigenvalue weighted by Crippen LogP contribution is -2.20. The average Bonchev–Trinajstić information content (AvgIpc) is 2.55. The molecule has 0 radical (unpaired) electrons. The number of benzene rings is 2. The summed E-state index contributed by atoms with van der Waals surface area (Å²) < 4.78 is 18.4. The van der Waals surface area contributed by atoms with Crippen LogP contribution in [0.2, 0.25) is 10.0 Å². The molecular formula is C18H14Cl2FNO3. The molecule has 0 unspecified atom stereocenters. The van der Waals surface area contributed by atoms with Gasteiger partial charge in [0.15, 0.2) is 6.61 Å². The van der Waals surface area contributed by atoms with E-state index in [1.54, 1.807) is 25.1 Å². The minimum atomic E-state index is -0.790. The first-order valence-electron chi connectivity index (χ1n) is 7.21. The first-order chi connectivity index (χ1) is 11.9. The van der Waals surface area contributed by atoms with Crippen LogP contribution in [0.15, 0.2) is 42.5 Å². The van der Waals surface area contributed by atoms with Crippen LogP contribution < -0.4 is 5.32 Å². The molecular weight excluding hydrogens is 368 g/mol. The van der Waals surface area contributed by atoms with Gasteiger partial charge in [0.2, 0.25) is 0 Å². The maximum Gasteiger partial charge on any atom is 0.331 e. The van der Waals surface area contributed by atoms with E-state index in [-0.39, 0.29) is 10.6 Å². The fraction of sp³-hybridized carbons (Fsp3) is 0.111. The summed E-state index contributed by atoms with van der Waals surface area (Å²) in [5.41, 5.74) is 1.42. The van der Waals surface area contributed by atoms with Gasteiger partial charge in [-0.25, -0.2) is 9.18 Å². The number of nitrogens with one attached hydrogen (secondary N) is 1. The number of ether oxygens (including phenoxy) is 1. The molecule has 1 N–H and O–H groups in total. The van der Waals surface area contributed by atoms with Crippen LogP contribution in [0.25, 0.3) is 6.08 Å². The lowest BCUT2D eigenvalue weighted by molar-refractivity contribution is -0.142. The summed E-state index contributed by atoms with van der Waals surface area (Å²) in [5.74, 6) is -1.86. The number of rotatable bonds is 5. The van der Waals surface area contributed by atoms with Crippen molar-refractivity contribution in [1.29, 1.82) is 0 Å². The van der Waals surface area contributed by atoms with Gasteiger partial charge in [0, 0.05) is 22.3 Å². The Labute approximate surface area is 154 Å². The zero-order valence-corrected chi connectivity index (χ0v) is 14.7. The molecule has 0 spiro atoms. The number of hydrogen-bond donors (Lipinski definition) is 1. The van der Waals surface area contributed by atoms with E-state index in [1.165, 1.54) is 24.3 Å². The quantitative estimate of drug-likeness (QED) is 0.606. The molecule has 2 rings (SSSR count). The zero-order valence-electron chi connectivity index (χ0n) is 13.2. The largest absolute Gasteiger partial charge is 0.452 e. The second-order valence-corrected chi connectivity index (χ2v) is 5.93. The van der Waals surface area contributed by atoms with Crippen molar-refractivity contribution in [2.75, 3.05) is 11.9 Å². The minimum absolute atomic E-state index is 0.0716. The summed E-state index contributed by atoms with van der Waals surface area (Å²) >= 11 is 11.7. The Hall–Kier alpha value is -2.37. The van der Waals surface area contributed by atoms with E-state index in [0.29, 0.717) is 10.7 Å². The smallest absolute Gasteiger partial charge is 0.331 e. The van der Waals surface area contributed by atoms with Gasteiger partial charge < -0.3 is 10.1 Å². The van der Waals surface area contributed by atoms with E-state index in [1.807, 2.05) is 0 Å². The molecule has 0 atom stereocenters. The topological polar surface area (TPSA) is 55.4 Å². The lowest BCUT2D eigenvalue weighted by Gasteiger charge is -2.08. The standard InChI is InChI=1S/C18H14Cl2FNO3/c1-11-9-12(19)5-7-16(11)22-17(23)10-25-18(24)8-6-13-14(20)3-2-4-15(13)21/h2-9H,10H2,1H3,(H,22,23)/b8-6+. The normalized spacial score (nSPS) is 10.7. The number of esters is 1. The van der Waals surface area contributed by atoms with Crippen molar-refractivity contribution in [2.45, 2.75) is 6.92 Å². The van der Waals surface area contributed by atoms with Crippen LogP contribution in [0, 0.1) is 12.7 Å². The Bertz CT molecular complexity index is 817. The molecule has 0 aliphatic carbocycles. The fourth-order valence-corrected chi connectivity index (χ4v) is 2.41. The third-order valence-electron chi connectivity index (χ3n) is 3.19. The molecule has 4 nitrogen and oxygen atoms in total. The molecule has 0 aromatic heterocycles. The lowest BCUT2D eigenvalue weighted by atomic mass is 10.2. The van der Waals surface area contributed by atoms with E-state index in [4.69, 9.17) is 27.9 Å². The monoisotopic (exact) mass is 381 g/mol. The van der Waals surface area contributed by atoms with Crippen molar-refractivity contribution in [3.63, 3.8) is 0 Å².